The van der Waals surface area contributed by atoms with E-state index < -0.39 is 6.09 Å². The van der Waals surface area contributed by atoms with E-state index in [0.29, 0.717) is 6.42 Å². The first-order chi connectivity index (χ1) is 9.15. The smallest absolute Gasteiger partial charge is 0.405 e. The van der Waals surface area contributed by atoms with E-state index >= 15 is 0 Å². The zero-order valence-corrected chi connectivity index (χ0v) is 10.6. The number of carbonyl (C=O) groups excluding carboxylic acids is 1. The van der Waals surface area contributed by atoms with Crippen molar-refractivity contribution in [1.82, 2.24) is 4.98 Å². The first-order valence-corrected chi connectivity index (χ1v) is 6.25. The molecule has 1 aromatic heterocycles. The maximum atomic E-state index is 11.1. The van der Waals surface area contributed by atoms with E-state index in [4.69, 9.17) is 10.5 Å². The number of nitrogens with one attached hydrogen (secondary N) is 1. The average molecular weight is 257 g/mol. The number of ether oxygens (including phenoxy) is 1. The van der Waals surface area contributed by atoms with E-state index in [-0.39, 0.29) is 12.1 Å². The number of rotatable bonds is 1. The maximum absolute atomic E-state index is 11.1. The van der Waals surface area contributed by atoms with Gasteiger partial charge in [-0.2, -0.15) is 0 Å². The van der Waals surface area contributed by atoms with E-state index in [0.717, 1.165) is 22.2 Å². The molecule has 3 N–H and O–H groups in total. The van der Waals surface area contributed by atoms with Crippen molar-refractivity contribution in [3.63, 3.8) is 0 Å². The number of fused-ring (bicyclic) bond motifs is 3. The highest BCUT2D eigenvalue weighted by Gasteiger charge is 2.28. The second-order valence-corrected chi connectivity index (χ2v) is 4.80. The number of nitrogens with two attached hydrogens (primary N) is 1. The lowest BCUT2D eigenvalue weighted by Crippen LogP contribution is -2.29. The van der Waals surface area contributed by atoms with Crippen molar-refractivity contribution in [1.29, 1.82) is 0 Å². The fraction of sp³-hybridized carbons (Fsp3) is 0.286. The van der Waals surface area contributed by atoms with Gasteiger partial charge in [0.2, 0.25) is 0 Å². The summed E-state index contributed by atoms with van der Waals surface area (Å²) in [7, 11) is 0. The van der Waals surface area contributed by atoms with Crippen molar-refractivity contribution >= 4 is 22.7 Å². The van der Waals surface area contributed by atoms with Crippen LogP contribution in [0.1, 0.15) is 25.0 Å². The van der Waals surface area contributed by atoms with Crippen molar-refractivity contribution in [2.45, 2.75) is 25.5 Å². The van der Waals surface area contributed by atoms with Crippen LogP contribution >= 0.6 is 0 Å². The third kappa shape index (κ3) is 2.07. The second kappa shape index (κ2) is 4.42. The molecular weight excluding hydrogens is 242 g/mol. The van der Waals surface area contributed by atoms with Gasteiger partial charge in [-0.25, -0.2) is 4.79 Å². The summed E-state index contributed by atoms with van der Waals surface area (Å²) in [5.41, 5.74) is 8.00. The largest absolute Gasteiger partial charge is 0.441 e. The quantitative estimate of drug-likeness (QED) is 0.823. The summed E-state index contributed by atoms with van der Waals surface area (Å²) in [4.78, 5) is 15.4. The minimum absolute atomic E-state index is 0.228. The van der Waals surface area contributed by atoms with Crippen molar-refractivity contribution in [3.05, 3.63) is 36.0 Å². The molecule has 0 radical (unpaired) electrons. The molecule has 0 fully saturated rings. The molecule has 98 valence electrons. The maximum Gasteiger partial charge on any atom is 0.405 e. The third-order valence-corrected chi connectivity index (χ3v) is 3.38. The summed E-state index contributed by atoms with van der Waals surface area (Å²) >= 11 is 0. The minimum Gasteiger partial charge on any atom is -0.441 e. The number of anilines is 1. The molecule has 1 amide bonds. The topological polar surface area (TPSA) is 77.2 Å². The molecule has 2 atom stereocenters. The van der Waals surface area contributed by atoms with Crippen molar-refractivity contribution in [2.24, 2.45) is 5.73 Å². The molecule has 0 bridgehead atoms. The molecule has 5 heteroatoms. The van der Waals surface area contributed by atoms with Gasteiger partial charge >= 0.3 is 6.09 Å². The lowest BCUT2D eigenvalue weighted by molar-refractivity contribution is 0.0977. The van der Waals surface area contributed by atoms with Crippen LogP contribution in [-0.4, -0.2) is 17.1 Å². The second-order valence-electron chi connectivity index (χ2n) is 4.80. The summed E-state index contributed by atoms with van der Waals surface area (Å²) in [6.07, 6.45) is 1.38. The van der Waals surface area contributed by atoms with Gasteiger partial charge in [-0.05, 0) is 25.1 Å². The number of hydrogen-bond acceptors (Lipinski definition) is 4. The number of benzene rings is 1. The number of carbonyl (C=O) groups is 1. The van der Waals surface area contributed by atoms with Gasteiger partial charge in [0.1, 0.15) is 6.10 Å². The number of pyridine rings is 1. The van der Waals surface area contributed by atoms with Gasteiger partial charge in [0.05, 0.1) is 5.52 Å². The van der Waals surface area contributed by atoms with Gasteiger partial charge in [0.15, 0.2) is 0 Å². The summed E-state index contributed by atoms with van der Waals surface area (Å²) in [5.74, 6) is 0. The molecule has 1 aliphatic heterocycles. The van der Waals surface area contributed by atoms with Crippen LogP contribution in [0.2, 0.25) is 0 Å². The van der Waals surface area contributed by atoms with Gasteiger partial charge in [0.25, 0.3) is 0 Å². The van der Waals surface area contributed by atoms with Gasteiger partial charge in [0, 0.05) is 35.3 Å². The van der Waals surface area contributed by atoms with Crippen molar-refractivity contribution < 1.29 is 9.53 Å². The average Bonchev–Trinajstić information content (AvgIpc) is 2.37. The SMILES string of the molecule is CC1CC(OC(N)=O)c2c(ccc3ncccc23)N1. The van der Waals surface area contributed by atoms with E-state index in [9.17, 15) is 4.79 Å². The zero-order chi connectivity index (χ0) is 13.4. The Labute approximate surface area is 110 Å². The molecule has 5 nitrogen and oxygen atoms in total. The Balaban J connectivity index is 2.18. The molecule has 0 saturated heterocycles. The number of amides is 1. The summed E-state index contributed by atoms with van der Waals surface area (Å²) < 4.78 is 5.27. The lowest BCUT2D eigenvalue weighted by atomic mass is 9.92. The lowest BCUT2D eigenvalue weighted by Gasteiger charge is -2.31. The predicted octanol–water partition coefficient (Wildman–Crippen LogP) is 2.58. The highest BCUT2D eigenvalue weighted by Crippen LogP contribution is 2.39. The van der Waals surface area contributed by atoms with Crippen LogP contribution in [0.5, 0.6) is 0 Å². The van der Waals surface area contributed by atoms with Crippen LogP contribution in [-0.2, 0) is 4.74 Å². The Morgan fingerprint density at radius 2 is 2.32 bits per heavy atom. The molecule has 19 heavy (non-hydrogen) atoms. The normalized spacial score (nSPS) is 21.5. The predicted molar refractivity (Wildman–Crippen MR) is 72.9 cm³/mol. The highest BCUT2D eigenvalue weighted by molar-refractivity contribution is 5.88. The number of nitrogens with zero attached hydrogens (tertiary/aromatic N) is 1. The molecule has 2 heterocycles. The monoisotopic (exact) mass is 257 g/mol. The Kier molecular flexibility index (Phi) is 2.74. The summed E-state index contributed by atoms with van der Waals surface area (Å²) in [6, 6.07) is 8.02. The van der Waals surface area contributed by atoms with Gasteiger partial charge in [-0.15, -0.1) is 0 Å². The first-order valence-electron chi connectivity index (χ1n) is 6.25. The number of primary amides is 1. The Hall–Kier alpha value is -2.30. The van der Waals surface area contributed by atoms with Gasteiger partial charge in [-0.1, -0.05) is 6.07 Å². The zero-order valence-electron chi connectivity index (χ0n) is 10.6. The molecule has 3 rings (SSSR count). The van der Waals surface area contributed by atoms with Crippen molar-refractivity contribution in [3.8, 4) is 0 Å². The van der Waals surface area contributed by atoms with E-state index in [2.05, 4.69) is 10.3 Å². The van der Waals surface area contributed by atoms with Crippen LogP contribution in [0.25, 0.3) is 10.9 Å². The van der Waals surface area contributed by atoms with E-state index in [1.54, 1.807) is 6.20 Å². The first kappa shape index (κ1) is 11.8. The molecule has 0 saturated carbocycles. The summed E-state index contributed by atoms with van der Waals surface area (Å²) in [6.45, 7) is 2.05. The van der Waals surface area contributed by atoms with Crippen LogP contribution in [0.15, 0.2) is 30.5 Å². The van der Waals surface area contributed by atoms with Gasteiger partial charge < -0.3 is 15.8 Å². The van der Waals surface area contributed by atoms with Crippen LogP contribution < -0.4 is 11.1 Å². The highest BCUT2D eigenvalue weighted by atomic mass is 16.6. The molecular formula is C14H15N3O2. The summed E-state index contributed by atoms with van der Waals surface area (Å²) in [5, 5.41) is 4.39. The van der Waals surface area contributed by atoms with Gasteiger partial charge in [-0.3, -0.25) is 4.98 Å². The Bertz CT molecular complexity index is 642. The van der Waals surface area contributed by atoms with E-state index in [1.165, 1.54) is 0 Å². The Morgan fingerprint density at radius 3 is 3.11 bits per heavy atom. The Morgan fingerprint density at radius 1 is 1.47 bits per heavy atom. The number of aromatic nitrogens is 1. The van der Waals surface area contributed by atoms with E-state index in [1.807, 2.05) is 31.2 Å². The van der Waals surface area contributed by atoms with Crippen LogP contribution in [0, 0.1) is 0 Å². The minimum atomic E-state index is -0.744. The molecule has 2 unspecified atom stereocenters. The molecule has 1 aromatic carbocycles. The molecule has 2 aromatic rings. The molecule has 1 aliphatic rings. The third-order valence-electron chi connectivity index (χ3n) is 3.38. The fourth-order valence-corrected chi connectivity index (χ4v) is 2.66. The van der Waals surface area contributed by atoms with Crippen LogP contribution in [0.3, 0.4) is 0 Å². The van der Waals surface area contributed by atoms with Crippen molar-refractivity contribution in [2.75, 3.05) is 5.32 Å². The fourth-order valence-electron chi connectivity index (χ4n) is 2.66. The number of hydrogen-bond donors (Lipinski definition) is 2. The standard InChI is InChI=1S/C14H15N3O2/c1-8-7-12(19-14(15)18)13-9-3-2-6-16-10(9)4-5-11(13)17-8/h2-6,8,12,17H,7H2,1H3,(H2,15,18). The van der Waals surface area contributed by atoms with Crippen LogP contribution in [0.4, 0.5) is 10.5 Å². The molecule has 0 aliphatic carbocycles. The molecule has 0 spiro atoms.